The second kappa shape index (κ2) is 11.4. The first kappa shape index (κ1) is 24.4. The van der Waals surface area contributed by atoms with E-state index in [9.17, 15) is 0 Å². The van der Waals surface area contributed by atoms with Gasteiger partial charge in [0.05, 0.1) is 0 Å². The Labute approximate surface area is 179 Å². The van der Waals surface area contributed by atoms with Gasteiger partial charge in [-0.05, 0) is 51.1 Å². The van der Waals surface area contributed by atoms with Crippen LogP contribution < -0.4 is 10.6 Å². The largest absolute Gasteiger partial charge is 2.00 e. The molecule has 0 aliphatic heterocycles. The van der Waals surface area contributed by atoms with Gasteiger partial charge in [-0.25, -0.2) is 0 Å². The van der Waals surface area contributed by atoms with Crippen LogP contribution in [-0.4, -0.2) is 30.7 Å². The molecule has 27 heavy (non-hydrogen) atoms. The molecule has 0 amide bonds. The van der Waals surface area contributed by atoms with E-state index in [0.29, 0.717) is 12.0 Å². The molecule has 0 spiro atoms. The van der Waals surface area contributed by atoms with Crippen molar-refractivity contribution in [1.82, 2.24) is 4.90 Å². The number of hydrogen-bond donors (Lipinski definition) is 0. The van der Waals surface area contributed by atoms with Gasteiger partial charge >= 0.3 is 17.1 Å². The van der Waals surface area contributed by atoms with Crippen LogP contribution in [0.5, 0.6) is 0 Å². The Morgan fingerprint density at radius 1 is 0.926 bits per heavy atom. The Balaban J connectivity index is 0.00000182. The molecule has 1 aliphatic rings. The molecule has 1 nitrogen and oxygen atoms in total. The SMILES string of the molecule is CC1C[CH-]CC([C@H](C)N(C)C)C1P(c1ccccc1)c1ccccc1.[CH3-].[Fe+2]. The summed E-state index contributed by atoms with van der Waals surface area (Å²) in [6.07, 6.45) is 5.03. The van der Waals surface area contributed by atoms with Crippen molar-refractivity contribution in [3.8, 4) is 0 Å². The van der Waals surface area contributed by atoms with Crippen molar-refractivity contribution >= 4 is 18.5 Å². The molecule has 0 radical (unpaired) electrons. The predicted molar refractivity (Wildman–Crippen MR) is 119 cm³/mol. The average Bonchev–Trinajstić information content (AvgIpc) is 2.64. The molecule has 0 N–H and O–H groups in total. The minimum Gasteiger partial charge on any atom is -0.358 e. The molecule has 1 aliphatic carbocycles. The van der Waals surface area contributed by atoms with Crippen molar-refractivity contribution in [1.29, 1.82) is 0 Å². The van der Waals surface area contributed by atoms with Crippen LogP contribution in [0.4, 0.5) is 0 Å². The molecule has 0 saturated heterocycles. The number of benzene rings is 2. The van der Waals surface area contributed by atoms with Gasteiger partial charge in [-0.3, -0.25) is 0 Å². The van der Waals surface area contributed by atoms with E-state index >= 15 is 0 Å². The van der Waals surface area contributed by atoms with Crippen molar-refractivity contribution in [2.75, 3.05) is 14.1 Å². The molecule has 2 aromatic rings. The summed E-state index contributed by atoms with van der Waals surface area (Å²) < 4.78 is 0. The van der Waals surface area contributed by atoms with Crippen molar-refractivity contribution < 1.29 is 17.1 Å². The van der Waals surface area contributed by atoms with E-state index in [1.165, 1.54) is 23.5 Å². The Morgan fingerprint density at radius 3 is 1.85 bits per heavy atom. The molecule has 4 atom stereocenters. The molecule has 1 fully saturated rings. The van der Waals surface area contributed by atoms with E-state index in [4.69, 9.17) is 0 Å². The van der Waals surface area contributed by atoms with E-state index in [1.54, 1.807) is 0 Å². The maximum absolute atomic E-state index is 2.54. The monoisotopic (exact) mass is 423 g/mol. The van der Waals surface area contributed by atoms with Crippen LogP contribution in [0, 0.1) is 25.7 Å². The van der Waals surface area contributed by atoms with E-state index in [-0.39, 0.29) is 32.4 Å². The summed E-state index contributed by atoms with van der Waals surface area (Å²) in [4.78, 5) is 2.41. The molecule has 0 aromatic heterocycles. The fourth-order valence-electron chi connectivity index (χ4n) is 4.23. The average molecular weight is 423 g/mol. The van der Waals surface area contributed by atoms with Crippen LogP contribution in [0.15, 0.2) is 60.7 Å². The van der Waals surface area contributed by atoms with Gasteiger partial charge in [0.15, 0.2) is 0 Å². The zero-order valence-electron chi connectivity index (χ0n) is 17.3. The zero-order chi connectivity index (χ0) is 17.8. The Morgan fingerprint density at radius 2 is 1.41 bits per heavy atom. The molecular weight excluding hydrogens is 389 g/mol. The molecule has 3 unspecified atom stereocenters. The Hall–Kier alpha value is -0.651. The summed E-state index contributed by atoms with van der Waals surface area (Å²) >= 11 is 0. The van der Waals surface area contributed by atoms with Gasteiger partial charge in [-0.1, -0.05) is 73.5 Å². The summed E-state index contributed by atoms with van der Waals surface area (Å²) in [6.45, 7) is 4.88. The smallest absolute Gasteiger partial charge is 0.358 e. The third kappa shape index (κ3) is 5.67. The van der Waals surface area contributed by atoms with E-state index in [2.05, 4.69) is 99.9 Å². The van der Waals surface area contributed by atoms with E-state index in [1.807, 2.05) is 0 Å². The Kier molecular flexibility index (Phi) is 10.3. The second-order valence-corrected chi connectivity index (χ2v) is 10.0. The molecule has 2 aromatic carbocycles. The summed E-state index contributed by atoms with van der Waals surface area (Å²) in [5, 5.41) is 3.05. The van der Waals surface area contributed by atoms with Crippen molar-refractivity contribution in [3.63, 3.8) is 0 Å². The third-order valence-electron chi connectivity index (χ3n) is 5.80. The molecule has 3 heteroatoms. The molecular formula is C24H34FeNP. The summed E-state index contributed by atoms with van der Waals surface area (Å²) in [5.74, 6) is 1.44. The standard InChI is InChI=1S/C23H31NP.CH3.Fe/c1-18-12-11-17-22(19(2)24(3)4)23(18)25(20-13-7-5-8-14-20)21-15-9-6-10-16-21;;/h5-11,13-16,18-19,22-23H,12,17H2,1-4H3;1H3;/q2*-1;+2/t18?,19-,22?,23?;;/m0../s1. The molecule has 3 rings (SSSR count). The van der Waals surface area contributed by atoms with Gasteiger partial charge in [-0.2, -0.15) is 12.8 Å². The van der Waals surface area contributed by atoms with Gasteiger partial charge in [-0.15, -0.1) is 0 Å². The van der Waals surface area contributed by atoms with Gasteiger partial charge in [0.2, 0.25) is 0 Å². The second-order valence-electron chi connectivity index (χ2n) is 7.64. The van der Waals surface area contributed by atoms with Crippen LogP contribution in [0.1, 0.15) is 26.7 Å². The normalized spacial score (nSPS) is 23.4. The first-order valence-corrected chi connectivity index (χ1v) is 10.9. The summed E-state index contributed by atoms with van der Waals surface area (Å²) in [6, 6.07) is 23.1. The van der Waals surface area contributed by atoms with E-state index < -0.39 is 0 Å². The maximum atomic E-state index is 2.54. The molecule has 0 heterocycles. The van der Waals surface area contributed by atoms with Crippen molar-refractivity contribution in [2.24, 2.45) is 11.8 Å². The minimum absolute atomic E-state index is 0. The quantitative estimate of drug-likeness (QED) is 0.366. The van der Waals surface area contributed by atoms with Gasteiger partial charge < -0.3 is 18.7 Å². The van der Waals surface area contributed by atoms with Gasteiger partial charge in [0.25, 0.3) is 0 Å². The fourth-order valence-corrected chi connectivity index (χ4v) is 7.59. The van der Waals surface area contributed by atoms with Crippen LogP contribution in [0.2, 0.25) is 0 Å². The Bertz CT molecular complexity index is 606. The topological polar surface area (TPSA) is 3.24 Å². The zero-order valence-corrected chi connectivity index (χ0v) is 19.3. The van der Waals surface area contributed by atoms with Crippen LogP contribution in [-0.2, 0) is 17.1 Å². The molecule has 148 valence electrons. The number of hydrogen-bond acceptors (Lipinski definition) is 1. The van der Waals surface area contributed by atoms with E-state index in [0.717, 1.165) is 11.6 Å². The van der Waals surface area contributed by atoms with Gasteiger partial charge in [0, 0.05) is 6.04 Å². The fraction of sp³-hybridized carbons (Fsp3) is 0.417. The van der Waals surface area contributed by atoms with Crippen LogP contribution >= 0.6 is 7.92 Å². The van der Waals surface area contributed by atoms with Crippen LogP contribution in [0.25, 0.3) is 0 Å². The summed E-state index contributed by atoms with van der Waals surface area (Å²) in [7, 11) is 4.11. The summed E-state index contributed by atoms with van der Waals surface area (Å²) in [5.41, 5.74) is 0.724. The maximum Gasteiger partial charge on any atom is 2.00 e. The van der Waals surface area contributed by atoms with Crippen LogP contribution in [0.3, 0.4) is 0 Å². The number of nitrogens with zero attached hydrogens (tertiary/aromatic N) is 1. The van der Waals surface area contributed by atoms with Gasteiger partial charge in [0.1, 0.15) is 0 Å². The van der Waals surface area contributed by atoms with Crippen molar-refractivity contribution in [3.05, 3.63) is 74.5 Å². The predicted octanol–water partition coefficient (Wildman–Crippen LogP) is 5.14. The van der Waals surface area contributed by atoms with Crippen molar-refractivity contribution in [2.45, 2.75) is 38.4 Å². The molecule has 1 saturated carbocycles. The third-order valence-corrected chi connectivity index (χ3v) is 9.00. The molecule has 0 bridgehead atoms. The first-order valence-electron chi connectivity index (χ1n) is 9.47. The first-order chi connectivity index (χ1) is 12.1. The minimum atomic E-state index is -0.352. The number of rotatable bonds is 5.